The molecule has 1 saturated heterocycles. The predicted octanol–water partition coefficient (Wildman–Crippen LogP) is 3.55. The maximum atomic E-state index is 13.1. The number of piperidine rings is 1. The van der Waals surface area contributed by atoms with Gasteiger partial charge in [0.1, 0.15) is 16.5 Å². The van der Waals surface area contributed by atoms with Crippen LogP contribution in [0, 0.1) is 11.7 Å². The van der Waals surface area contributed by atoms with E-state index in [0.29, 0.717) is 23.6 Å². The van der Waals surface area contributed by atoms with E-state index < -0.39 is 10.0 Å². The number of anilines is 1. The number of rotatable bonds is 5. The minimum atomic E-state index is -3.80. The van der Waals surface area contributed by atoms with Gasteiger partial charge in [-0.05, 0) is 55.3 Å². The van der Waals surface area contributed by atoms with Gasteiger partial charge in [0, 0.05) is 36.8 Å². The van der Waals surface area contributed by atoms with Crippen LogP contribution in [0.5, 0.6) is 5.75 Å². The first kappa shape index (κ1) is 21.5. The molecule has 6 nitrogen and oxygen atoms in total. The van der Waals surface area contributed by atoms with Gasteiger partial charge in [-0.1, -0.05) is 11.6 Å². The lowest BCUT2D eigenvalue weighted by Gasteiger charge is -2.32. The van der Waals surface area contributed by atoms with Gasteiger partial charge < -0.3 is 9.64 Å². The molecule has 0 bridgehead atoms. The molecule has 1 amide bonds. The molecule has 3 rings (SSSR count). The number of hydrogen-bond acceptors (Lipinski definition) is 4. The lowest BCUT2D eigenvalue weighted by Crippen LogP contribution is -2.43. The number of carbonyl (C=O) groups is 1. The summed E-state index contributed by atoms with van der Waals surface area (Å²) in [5.74, 6) is -0.569. The molecular formula is C20H22ClFN2O4S. The van der Waals surface area contributed by atoms with Crippen molar-refractivity contribution in [3.05, 3.63) is 53.3 Å². The third-order valence-electron chi connectivity index (χ3n) is 5.09. The van der Waals surface area contributed by atoms with E-state index in [-0.39, 0.29) is 41.4 Å². The first-order valence-corrected chi connectivity index (χ1v) is 10.9. The van der Waals surface area contributed by atoms with E-state index in [1.165, 1.54) is 52.7 Å². The summed E-state index contributed by atoms with van der Waals surface area (Å²) < 4.78 is 45.7. The Morgan fingerprint density at radius 2 is 1.79 bits per heavy atom. The number of methoxy groups -OCH3 is 1. The SMILES string of the molecule is COc1ccc(Cl)cc1S(=O)(=O)N1CCC(C(=O)N(C)c2ccc(F)cc2)CC1. The highest BCUT2D eigenvalue weighted by Crippen LogP contribution is 2.32. The van der Waals surface area contributed by atoms with E-state index >= 15 is 0 Å². The Labute approximate surface area is 174 Å². The van der Waals surface area contributed by atoms with E-state index in [0.717, 1.165) is 0 Å². The van der Waals surface area contributed by atoms with Gasteiger partial charge in [-0.15, -0.1) is 0 Å². The Morgan fingerprint density at radius 1 is 1.17 bits per heavy atom. The molecule has 0 N–H and O–H groups in total. The fraction of sp³-hybridized carbons (Fsp3) is 0.350. The summed E-state index contributed by atoms with van der Waals surface area (Å²) >= 11 is 5.97. The number of benzene rings is 2. The second kappa shape index (κ2) is 8.69. The molecule has 2 aromatic carbocycles. The Morgan fingerprint density at radius 3 is 2.38 bits per heavy atom. The van der Waals surface area contributed by atoms with Crippen molar-refractivity contribution in [2.45, 2.75) is 17.7 Å². The first-order chi connectivity index (χ1) is 13.7. The molecule has 1 aliphatic rings. The highest BCUT2D eigenvalue weighted by molar-refractivity contribution is 7.89. The van der Waals surface area contributed by atoms with Crippen molar-refractivity contribution in [1.29, 1.82) is 0 Å². The second-order valence-corrected chi connectivity index (χ2v) is 9.19. The smallest absolute Gasteiger partial charge is 0.246 e. The topological polar surface area (TPSA) is 66.9 Å². The van der Waals surface area contributed by atoms with Crippen LogP contribution >= 0.6 is 11.6 Å². The second-order valence-electron chi connectivity index (χ2n) is 6.85. The minimum Gasteiger partial charge on any atom is -0.495 e. The van der Waals surface area contributed by atoms with Crippen LogP contribution in [0.25, 0.3) is 0 Å². The van der Waals surface area contributed by atoms with Crippen LogP contribution in [0.2, 0.25) is 5.02 Å². The van der Waals surface area contributed by atoms with Gasteiger partial charge in [0.25, 0.3) is 0 Å². The number of carbonyl (C=O) groups excluding carboxylic acids is 1. The number of hydrogen-bond donors (Lipinski definition) is 0. The average Bonchev–Trinajstić information content (AvgIpc) is 2.73. The fourth-order valence-corrected chi connectivity index (χ4v) is 5.29. The Balaban J connectivity index is 1.70. The van der Waals surface area contributed by atoms with Crippen LogP contribution < -0.4 is 9.64 Å². The molecule has 0 spiro atoms. The minimum absolute atomic E-state index is 0.0145. The molecule has 156 valence electrons. The quantitative estimate of drug-likeness (QED) is 0.713. The van der Waals surface area contributed by atoms with Gasteiger partial charge >= 0.3 is 0 Å². The summed E-state index contributed by atoms with van der Waals surface area (Å²) in [5, 5.41) is 0.301. The molecule has 0 saturated carbocycles. The molecule has 29 heavy (non-hydrogen) atoms. The average molecular weight is 441 g/mol. The largest absolute Gasteiger partial charge is 0.495 e. The summed E-state index contributed by atoms with van der Waals surface area (Å²) in [4.78, 5) is 14.3. The van der Waals surface area contributed by atoms with Crippen molar-refractivity contribution in [3.8, 4) is 5.75 Å². The first-order valence-electron chi connectivity index (χ1n) is 9.11. The predicted molar refractivity (Wildman–Crippen MR) is 109 cm³/mol. The standard InChI is InChI=1S/C20H22ClFN2O4S/c1-23(17-6-4-16(22)5-7-17)20(25)14-9-11-24(12-10-14)29(26,27)19-13-15(21)3-8-18(19)28-2/h3-8,13-14H,9-12H2,1-2H3. The molecule has 1 fully saturated rings. The molecule has 0 radical (unpaired) electrons. The Hall–Kier alpha value is -2.16. The molecule has 1 aliphatic heterocycles. The van der Waals surface area contributed by atoms with Gasteiger partial charge in [-0.25, -0.2) is 12.8 Å². The summed E-state index contributed by atoms with van der Waals surface area (Å²) in [6.45, 7) is 0.428. The van der Waals surface area contributed by atoms with Gasteiger partial charge in [-0.2, -0.15) is 4.31 Å². The molecule has 0 aromatic heterocycles. The highest BCUT2D eigenvalue weighted by atomic mass is 35.5. The maximum Gasteiger partial charge on any atom is 0.246 e. The van der Waals surface area contributed by atoms with Gasteiger partial charge in [0.15, 0.2) is 0 Å². The monoisotopic (exact) mass is 440 g/mol. The van der Waals surface area contributed by atoms with Crippen LogP contribution in [0.15, 0.2) is 47.4 Å². The van der Waals surface area contributed by atoms with Gasteiger partial charge in [0.05, 0.1) is 7.11 Å². The van der Waals surface area contributed by atoms with Gasteiger partial charge in [-0.3, -0.25) is 4.79 Å². The molecule has 2 aromatic rings. The number of amides is 1. The molecular weight excluding hydrogens is 419 g/mol. The number of sulfonamides is 1. The fourth-order valence-electron chi connectivity index (χ4n) is 3.40. The Kier molecular flexibility index (Phi) is 6.45. The van der Waals surface area contributed by atoms with E-state index in [1.807, 2.05) is 0 Å². The molecule has 1 heterocycles. The third-order valence-corrected chi connectivity index (χ3v) is 7.25. The van der Waals surface area contributed by atoms with Crippen molar-refractivity contribution in [3.63, 3.8) is 0 Å². The molecule has 0 aliphatic carbocycles. The van der Waals surface area contributed by atoms with Crippen LogP contribution in [0.1, 0.15) is 12.8 Å². The van der Waals surface area contributed by atoms with Crippen LogP contribution in [0.4, 0.5) is 10.1 Å². The zero-order valence-electron chi connectivity index (χ0n) is 16.1. The van der Waals surface area contributed by atoms with Crippen LogP contribution in [0.3, 0.4) is 0 Å². The van der Waals surface area contributed by atoms with E-state index in [4.69, 9.17) is 16.3 Å². The molecule has 0 atom stereocenters. The van der Waals surface area contributed by atoms with Crippen molar-refractivity contribution in [1.82, 2.24) is 4.31 Å². The van der Waals surface area contributed by atoms with Gasteiger partial charge in [0.2, 0.25) is 15.9 Å². The van der Waals surface area contributed by atoms with Crippen molar-refractivity contribution >= 4 is 33.2 Å². The van der Waals surface area contributed by atoms with E-state index in [2.05, 4.69) is 0 Å². The maximum absolute atomic E-state index is 13.1. The van der Waals surface area contributed by atoms with Crippen molar-refractivity contribution < 1.29 is 22.3 Å². The lowest BCUT2D eigenvalue weighted by molar-refractivity contribution is -0.123. The highest BCUT2D eigenvalue weighted by Gasteiger charge is 2.34. The van der Waals surface area contributed by atoms with E-state index in [1.54, 1.807) is 13.1 Å². The summed E-state index contributed by atoms with van der Waals surface area (Å²) in [7, 11) is -0.761. The number of ether oxygens (including phenoxy) is 1. The zero-order chi connectivity index (χ0) is 21.2. The van der Waals surface area contributed by atoms with Crippen molar-refractivity contribution in [2.24, 2.45) is 5.92 Å². The normalized spacial score (nSPS) is 15.9. The van der Waals surface area contributed by atoms with Crippen molar-refractivity contribution in [2.75, 3.05) is 32.1 Å². The van der Waals surface area contributed by atoms with Crippen LogP contribution in [-0.2, 0) is 14.8 Å². The number of nitrogens with zero attached hydrogens (tertiary/aromatic N) is 2. The molecule has 9 heteroatoms. The number of halogens is 2. The summed E-state index contributed by atoms with van der Waals surface area (Å²) in [6, 6.07) is 10.1. The lowest BCUT2D eigenvalue weighted by atomic mass is 9.96. The Bertz CT molecular complexity index is 990. The zero-order valence-corrected chi connectivity index (χ0v) is 17.7. The molecule has 0 unspecified atom stereocenters. The third kappa shape index (κ3) is 4.55. The summed E-state index contributed by atoms with van der Waals surface area (Å²) in [5.41, 5.74) is 0.593. The van der Waals surface area contributed by atoms with Crippen LogP contribution in [-0.4, -0.2) is 45.9 Å². The van der Waals surface area contributed by atoms with E-state index in [9.17, 15) is 17.6 Å². The summed E-state index contributed by atoms with van der Waals surface area (Å²) in [6.07, 6.45) is 0.791.